The summed E-state index contributed by atoms with van der Waals surface area (Å²) in [6, 6.07) is 9.83. The van der Waals surface area contributed by atoms with E-state index in [0.717, 1.165) is 5.56 Å². The fourth-order valence-electron chi connectivity index (χ4n) is 2.56. The lowest BCUT2D eigenvalue weighted by Crippen LogP contribution is -2.05. The number of aryl methyl sites for hydroxylation is 1. The molecular weight excluding hydrogens is 342 g/mol. The molecule has 0 aliphatic heterocycles. The van der Waals surface area contributed by atoms with E-state index in [2.05, 4.69) is 15.2 Å². The number of benzene rings is 2. The van der Waals surface area contributed by atoms with Crippen LogP contribution < -0.4 is 0 Å². The van der Waals surface area contributed by atoms with E-state index in [9.17, 15) is 15.0 Å². The summed E-state index contributed by atoms with van der Waals surface area (Å²) in [5.41, 5.74) is 2.38. The number of H-pyrrole nitrogens is 1. The third-order valence-corrected chi connectivity index (χ3v) is 4.39. The van der Waals surface area contributed by atoms with Gasteiger partial charge >= 0.3 is 0 Å². The van der Waals surface area contributed by atoms with Gasteiger partial charge in [0.1, 0.15) is 5.75 Å². The van der Waals surface area contributed by atoms with Gasteiger partial charge in [-0.2, -0.15) is 0 Å². The molecule has 0 bridgehead atoms. The van der Waals surface area contributed by atoms with Crippen molar-refractivity contribution in [3.05, 3.63) is 52.5 Å². The molecule has 0 spiro atoms. The van der Waals surface area contributed by atoms with Crippen molar-refractivity contribution in [2.24, 2.45) is 10.2 Å². The molecule has 7 heteroatoms. The third-order valence-electron chi connectivity index (χ3n) is 4.08. The van der Waals surface area contributed by atoms with Gasteiger partial charge in [0, 0.05) is 0 Å². The molecule has 0 radical (unpaired) electrons. The Hall–Kier alpha value is -2.86. The Morgan fingerprint density at radius 3 is 2.52 bits per heavy atom. The first-order chi connectivity index (χ1) is 11.9. The second-order valence-electron chi connectivity index (χ2n) is 5.79. The average Bonchev–Trinajstić information content (AvgIpc) is 2.94. The fraction of sp³-hybridized carbons (Fsp3) is 0.167. The van der Waals surface area contributed by atoms with E-state index in [4.69, 9.17) is 11.6 Å². The summed E-state index contributed by atoms with van der Waals surface area (Å²) in [6.07, 6.45) is 0. The first-order valence-electron chi connectivity index (χ1n) is 7.62. The van der Waals surface area contributed by atoms with Gasteiger partial charge in [0.25, 0.3) is 5.91 Å². The molecule has 0 saturated carbocycles. The van der Waals surface area contributed by atoms with Crippen LogP contribution in [0.4, 0.5) is 5.69 Å². The number of hydrogen-bond donors (Lipinski definition) is 3. The Balaban J connectivity index is 1.93. The van der Waals surface area contributed by atoms with Crippen LogP contribution in [0, 0.1) is 6.92 Å². The standard InChI is InChI=1S/C18H16ClN3O3/c1-9-3-8-13(19)14-15(9)20-18(25)16(14)21-22-17(24)10(2)11-4-6-12(23)7-5-11/h3-8,10,20,23,25H,1-2H3/t10-/m0/s1. The summed E-state index contributed by atoms with van der Waals surface area (Å²) >= 11 is 6.19. The van der Waals surface area contributed by atoms with Crippen molar-refractivity contribution in [1.29, 1.82) is 0 Å². The van der Waals surface area contributed by atoms with Crippen molar-refractivity contribution in [2.75, 3.05) is 0 Å². The second kappa shape index (κ2) is 6.57. The van der Waals surface area contributed by atoms with Crippen LogP contribution in [-0.4, -0.2) is 21.1 Å². The minimum absolute atomic E-state index is 0.124. The molecule has 1 amide bonds. The van der Waals surface area contributed by atoms with E-state index in [-0.39, 0.29) is 17.3 Å². The quantitative estimate of drug-likeness (QED) is 0.578. The molecule has 3 rings (SSSR count). The van der Waals surface area contributed by atoms with Crippen molar-refractivity contribution in [3.63, 3.8) is 0 Å². The number of aromatic nitrogens is 1. The van der Waals surface area contributed by atoms with Gasteiger partial charge < -0.3 is 15.2 Å². The van der Waals surface area contributed by atoms with Gasteiger partial charge in [0.15, 0.2) is 5.69 Å². The van der Waals surface area contributed by atoms with Crippen LogP contribution in [0.25, 0.3) is 10.9 Å². The number of halogens is 1. The van der Waals surface area contributed by atoms with Gasteiger partial charge in [-0.1, -0.05) is 29.8 Å². The summed E-state index contributed by atoms with van der Waals surface area (Å²) in [6.45, 7) is 3.56. The van der Waals surface area contributed by atoms with Crippen LogP contribution in [0.15, 0.2) is 46.6 Å². The van der Waals surface area contributed by atoms with E-state index in [0.29, 0.717) is 21.5 Å². The SMILES string of the molecule is Cc1ccc(Cl)c2c(N=NC(=O)[C@@H](C)c3ccc(O)cc3)c(O)[nH]c12. The van der Waals surface area contributed by atoms with Gasteiger partial charge in [-0.25, -0.2) is 0 Å². The summed E-state index contributed by atoms with van der Waals surface area (Å²) in [4.78, 5) is 15.1. The number of nitrogens with one attached hydrogen (secondary N) is 1. The smallest absolute Gasteiger partial charge is 0.271 e. The summed E-state index contributed by atoms with van der Waals surface area (Å²) in [5.74, 6) is -1.07. The van der Waals surface area contributed by atoms with Gasteiger partial charge in [0.2, 0.25) is 5.88 Å². The first-order valence-corrected chi connectivity index (χ1v) is 8.00. The molecular formula is C18H16ClN3O3. The molecule has 1 atom stereocenters. The lowest BCUT2D eigenvalue weighted by atomic mass is 10.0. The Bertz CT molecular complexity index is 977. The topological polar surface area (TPSA) is 98.0 Å². The molecule has 0 unspecified atom stereocenters. The highest BCUT2D eigenvalue weighted by atomic mass is 35.5. The molecule has 0 aliphatic rings. The van der Waals surface area contributed by atoms with E-state index >= 15 is 0 Å². The summed E-state index contributed by atoms with van der Waals surface area (Å²) in [7, 11) is 0. The molecule has 25 heavy (non-hydrogen) atoms. The van der Waals surface area contributed by atoms with Crippen LogP contribution in [0.1, 0.15) is 24.0 Å². The molecule has 3 N–H and O–H groups in total. The number of azo groups is 1. The maximum atomic E-state index is 12.3. The maximum absolute atomic E-state index is 12.3. The molecule has 0 aliphatic carbocycles. The normalized spacial score (nSPS) is 12.8. The average molecular weight is 358 g/mol. The van der Waals surface area contributed by atoms with E-state index in [1.54, 1.807) is 25.1 Å². The minimum atomic E-state index is -0.533. The Morgan fingerprint density at radius 2 is 1.84 bits per heavy atom. The number of carbonyl (C=O) groups is 1. The van der Waals surface area contributed by atoms with Gasteiger partial charge in [0.05, 0.1) is 21.8 Å². The number of rotatable bonds is 3. The largest absolute Gasteiger partial charge is 0.508 e. The maximum Gasteiger partial charge on any atom is 0.271 e. The van der Waals surface area contributed by atoms with Gasteiger partial charge in [-0.05, 0) is 43.2 Å². The number of aromatic amines is 1. The first kappa shape index (κ1) is 17.0. The van der Waals surface area contributed by atoms with E-state index in [1.807, 2.05) is 13.0 Å². The summed E-state index contributed by atoms with van der Waals surface area (Å²) < 4.78 is 0. The molecule has 2 aromatic carbocycles. The van der Waals surface area contributed by atoms with Crippen LogP contribution in [-0.2, 0) is 4.79 Å². The number of fused-ring (bicyclic) bond motifs is 1. The van der Waals surface area contributed by atoms with Crippen LogP contribution in [0.5, 0.6) is 11.6 Å². The predicted molar refractivity (Wildman–Crippen MR) is 95.8 cm³/mol. The van der Waals surface area contributed by atoms with Gasteiger partial charge in [-0.15, -0.1) is 10.2 Å². The van der Waals surface area contributed by atoms with Crippen LogP contribution in [0.3, 0.4) is 0 Å². The number of aromatic hydroxyl groups is 2. The molecule has 0 fully saturated rings. The van der Waals surface area contributed by atoms with Crippen molar-refractivity contribution in [2.45, 2.75) is 19.8 Å². The van der Waals surface area contributed by atoms with E-state index in [1.165, 1.54) is 12.1 Å². The molecule has 1 heterocycles. The number of phenols is 1. The zero-order valence-corrected chi connectivity index (χ0v) is 14.4. The molecule has 1 aromatic heterocycles. The third kappa shape index (κ3) is 3.21. The van der Waals surface area contributed by atoms with Crippen molar-refractivity contribution in [3.8, 4) is 11.6 Å². The molecule has 3 aromatic rings. The molecule has 128 valence electrons. The zero-order chi connectivity index (χ0) is 18.1. The van der Waals surface area contributed by atoms with Crippen LogP contribution >= 0.6 is 11.6 Å². The minimum Gasteiger partial charge on any atom is -0.508 e. The number of phenolic OH excluding ortho intramolecular Hbond substituents is 1. The molecule has 6 nitrogen and oxygen atoms in total. The predicted octanol–water partition coefficient (Wildman–Crippen LogP) is 4.95. The lowest BCUT2D eigenvalue weighted by molar-refractivity contribution is -0.119. The number of nitrogens with zero attached hydrogens (tertiary/aromatic N) is 2. The van der Waals surface area contributed by atoms with Crippen molar-refractivity contribution < 1.29 is 15.0 Å². The monoisotopic (exact) mass is 357 g/mol. The lowest BCUT2D eigenvalue weighted by Gasteiger charge is -2.06. The zero-order valence-electron chi connectivity index (χ0n) is 13.6. The number of hydrogen-bond acceptors (Lipinski definition) is 4. The Labute approximate surface area is 148 Å². The molecule has 0 saturated heterocycles. The number of carbonyl (C=O) groups excluding carboxylic acids is 1. The van der Waals surface area contributed by atoms with Crippen molar-refractivity contribution >= 4 is 34.1 Å². The Kier molecular flexibility index (Phi) is 4.46. The fourth-order valence-corrected chi connectivity index (χ4v) is 2.81. The number of amides is 1. The second-order valence-corrected chi connectivity index (χ2v) is 6.20. The highest BCUT2D eigenvalue weighted by Crippen LogP contribution is 2.41. The Morgan fingerprint density at radius 1 is 1.16 bits per heavy atom. The van der Waals surface area contributed by atoms with Gasteiger partial charge in [-0.3, -0.25) is 4.79 Å². The van der Waals surface area contributed by atoms with Crippen LogP contribution in [0.2, 0.25) is 5.02 Å². The highest BCUT2D eigenvalue weighted by molar-refractivity contribution is 6.36. The van der Waals surface area contributed by atoms with E-state index < -0.39 is 11.8 Å². The van der Waals surface area contributed by atoms with Crippen molar-refractivity contribution in [1.82, 2.24) is 4.98 Å². The summed E-state index contributed by atoms with van der Waals surface area (Å²) in [5, 5.41) is 28.0. The highest BCUT2D eigenvalue weighted by Gasteiger charge is 2.18.